The Balaban J connectivity index is 1.80. The van der Waals surface area contributed by atoms with Gasteiger partial charge in [0, 0.05) is 31.3 Å². The van der Waals surface area contributed by atoms with Gasteiger partial charge < -0.3 is 19.4 Å². The zero-order chi connectivity index (χ0) is 20.1. The Morgan fingerprint density at radius 2 is 1.89 bits per heavy atom. The molecule has 1 aromatic rings. The molecule has 6 nitrogen and oxygen atoms in total. The molecule has 2 aliphatic rings. The maximum atomic E-state index is 13.3. The molecule has 1 aliphatic carbocycles. The first-order chi connectivity index (χ1) is 13.5. The fraction of sp³-hybridized carbons (Fsp3) is 0.727. The number of ether oxygens (including phenoxy) is 2. The van der Waals surface area contributed by atoms with Crippen LogP contribution in [0, 0.1) is 19.8 Å². The Bertz CT molecular complexity index is 685. The molecular formula is C22H34N2O4. The number of aromatic nitrogens is 1. The average molecular weight is 391 g/mol. The van der Waals surface area contributed by atoms with Crippen molar-refractivity contribution in [1.29, 1.82) is 0 Å². The topological polar surface area (TPSA) is 71.6 Å². The minimum atomic E-state index is -0.335. The molecule has 1 saturated heterocycles. The maximum Gasteiger partial charge on any atom is 0.355 e. The van der Waals surface area contributed by atoms with E-state index in [4.69, 9.17) is 9.47 Å². The van der Waals surface area contributed by atoms with Gasteiger partial charge in [0.1, 0.15) is 5.69 Å². The molecule has 0 radical (unpaired) electrons. The van der Waals surface area contributed by atoms with Gasteiger partial charge in [-0.2, -0.15) is 0 Å². The third-order valence-corrected chi connectivity index (χ3v) is 6.14. The Labute approximate surface area is 168 Å². The zero-order valence-corrected chi connectivity index (χ0v) is 17.5. The van der Waals surface area contributed by atoms with E-state index in [0.29, 0.717) is 25.4 Å². The minimum Gasteiger partial charge on any atom is -0.461 e. The lowest BCUT2D eigenvalue weighted by molar-refractivity contribution is -0.138. The van der Waals surface area contributed by atoms with Crippen LogP contribution in [0.5, 0.6) is 0 Å². The second-order valence-electron chi connectivity index (χ2n) is 8.14. The number of esters is 1. The number of aryl methyl sites for hydroxylation is 1. The van der Waals surface area contributed by atoms with Crippen molar-refractivity contribution < 1.29 is 19.1 Å². The molecule has 1 atom stereocenters. The lowest BCUT2D eigenvalue weighted by Crippen LogP contribution is -2.41. The third-order valence-electron chi connectivity index (χ3n) is 6.14. The molecular weight excluding hydrogens is 356 g/mol. The molecule has 0 aromatic carbocycles. The minimum absolute atomic E-state index is 0.122. The molecule has 1 N–H and O–H groups in total. The number of nitrogens with zero attached hydrogens (tertiary/aromatic N) is 1. The van der Waals surface area contributed by atoms with E-state index < -0.39 is 0 Å². The first-order valence-corrected chi connectivity index (χ1v) is 10.8. The Morgan fingerprint density at radius 3 is 2.54 bits per heavy atom. The summed E-state index contributed by atoms with van der Waals surface area (Å²) in [6.45, 7) is 7.97. The molecule has 0 unspecified atom stereocenters. The molecule has 2 fully saturated rings. The number of hydrogen-bond acceptors (Lipinski definition) is 4. The van der Waals surface area contributed by atoms with Crippen LogP contribution in [0.15, 0.2) is 0 Å². The van der Waals surface area contributed by atoms with Crippen LogP contribution in [0.1, 0.15) is 79.2 Å². The van der Waals surface area contributed by atoms with E-state index >= 15 is 0 Å². The van der Waals surface area contributed by atoms with Crippen LogP contribution in [-0.4, -0.2) is 47.6 Å². The van der Waals surface area contributed by atoms with Crippen LogP contribution in [0.2, 0.25) is 0 Å². The van der Waals surface area contributed by atoms with E-state index in [1.54, 1.807) is 6.92 Å². The highest BCUT2D eigenvalue weighted by Crippen LogP contribution is 2.28. The fourth-order valence-corrected chi connectivity index (χ4v) is 4.50. The van der Waals surface area contributed by atoms with Gasteiger partial charge in [-0.05, 0) is 57.6 Å². The van der Waals surface area contributed by atoms with Gasteiger partial charge in [0.15, 0.2) is 0 Å². The number of H-pyrrole nitrogens is 1. The van der Waals surface area contributed by atoms with Gasteiger partial charge in [-0.15, -0.1) is 0 Å². The number of rotatable bonds is 7. The van der Waals surface area contributed by atoms with Crippen molar-refractivity contribution in [3.63, 3.8) is 0 Å². The van der Waals surface area contributed by atoms with Gasteiger partial charge in [0.05, 0.1) is 12.7 Å². The van der Waals surface area contributed by atoms with Gasteiger partial charge in [-0.25, -0.2) is 4.79 Å². The monoisotopic (exact) mass is 390 g/mol. The second kappa shape index (κ2) is 9.59. The van der Waals surface area contributed by atoms with Crippen LogP contribution >= 0.6 is 0 Å². The van der Waals surface area contributed by atoms with E-state index in [-0.39, 0.29) is 23.9 Å². The van der Waals surface area contributed by atoms with E-state index in [1.165, 1.54) is 6.42 Å². The van der Waals surface area contributed by atoms with Gasteiger partial charge in [0.2, 0.25) is 5.91 Å². The molecule has 1 aliphatic heterocycles. The molecule has 1 amide bonds. The van der Waals surface area contributed by atoms with E-state index in [1.807, 2.05) is 18.7 Å². The second-order valence-corrected chi connectivity index (χ2v) is 8.14. The molecule has 0 spiro atoms. The van der Waals surface area contributed by atoms with Crippen molar-refractivity contribution in [2.45, 2.75) is 78.4 Å². The van der Waals surface area contributed by atoms with E-state index in [9.17, 15) is 9.59 Å². The number of carbonyl (C=O) groups excluding carboxylic acids is 2. The number of amides is 1. The lowest BCUT2D eigenvalue weighted by atomic mass is 9.88. The number of aromatic amines is 1. The first-order valence-electron chi connectivity index (χ1n) is 10.8. The largest absolute Gasteiger partial charge is 0.461 e. The van der Waals surface area contributed by atoms with Gasteiger partial charge in [-0.3, -0.25) is 4.79 Å². The molecule has 6 heteroatoms. The molecule has 1 aromatic heterocycles. The molecule has 3 rings (SSSR count). The van der Waals surface area contributed by atoms with E-state index in [0.717, 1.165) is 62.0 Å². The van der Waals surface area contributed by atoms with Crippen LogP contribution in [0.4, 0.5) is 0 Å². The summed E-state index contributed by atoms with van der Waals surface area (Å²) in [5.74, 6) is 0.0331. The van der Waals surface area contributed by atoms with Gasteiger partial charge in [-0.1, -0.05) is 19.3 Å². The number of carbonyl (C=O) groups is 2. The summed E-state index contributed by atoms with van der Waals surface area (Å²) in [6, 6.07) is 0. The summed E-state index contributed by atoms with van der Waals surface area (Å²) in [7, 11) is 0. The first kappa shape index (κ1) is 20.9. The van der Waals surface area contributed by atoms with Crippen LogP contribution in [-0.2, 0) is 20.8 Å². The predicted octanol–water partition coefficient (Wildman–Crippen LogP) is 3.90. The maximum absolute atomic E-state index is 13.3. The van der Waals surface area contributed by atoms with E-state index in [2.05, 4.69) is 4.98 Å². The third kappa shape index (κ3) is 4.77. The number of hydrogen-bond donors (Lipinski definition) is 1. The van der Waals surface area contributed by atoms with Crippen molar-refractivity contribution in [3.05, 3.63) is 22.5 Å². The summed E-state index contributed by atoms with van der Waals surface area (Å²) in [5.41, 5.74) is 3.32. The molecule has 2 heterocycles. The van der Waals surface area contributed by atoms with Crippen molar-refractivity contribution in [2.75, 3.05) is 19.8 Å². The Kier molecular flexibility index (Phi) is 7.16. The van der Waals surface area contributed by atoms with Crippen LogP contribution in [0.25, 0.3) is 0 Å². The van der Waals surface area contributed by atoms with Gasteiger partial charge in [0.25, 0.3) is 0 Å². The summed E-state index contributed by atoms with van der Waals surface area (Å²) in [4.78, 5) is 30.7. The summed E-state index contributed by atoms with van der Waals surface area (Å²) in [6.07, 6.45) is 7.67. The fourth-order valence-electron chi connectivity index (χ4n) is 4.50. The van der Waals surface area contributed by atoms with Crippen LogP contribution in [0.3, 0.4) is 0 Å². The zero-order valence-electron chi connectivity index (χ0n) is 17.5. The normalized spacial score (nSPS) is 20.3. The van der Waals surface area contributed by atoms with Crippen molar-refractivity contribution >= 4 is 11.9 Å². The molecule has 28 heavy (non-hydrogen) atoms. The predicted molar refractivity (Wildman–Crippen MR) is 107 cm³/mol. The average Bonchev–Trinajstić information content (AvgIpc) is 3.31. The molecule has 1 saturated carbocycles. The summed E-state index contributed by atoms with van der Waals surface area (Å²) >= 11 is 0. The van der Waals surface area contributed by atoms with Gasteiger partial charge >= 0.3 is 5.97 Å². The Hall–Kier alpha value is -1.82. The Morgan fingerprint density at radius 1 is 1.14 bits per heavy atom. The quantitative estimate of drug-likeness (QED) is 0.717. The van der Waals surface area contributed by atoms with Crippen molar-refractivity contribution in [1.82, 2.24) is 9.88 Å². The highest BCUT2D eigenvalue weighted by atomic mass is 16.5. The standard InChI is InChI=1S/C22H34N2O4/c1-4-27-22(26)20-15(2)19(16(3)23-20)14-24(13-18-11-8-12-28-18)21(25)17-9-6-5-7-10-17/h17-18,23H,4-14H2,1-3H3/t18-/m1/s1. The summed E-state index contributed by atoms with van der Waals surface area (Å²) < 4.78 is 11.0. The summed E-state index contributed by atoms with van der Waals surface area (Å²) in [5, 5.41) is 0. The SMILES string of the molecule is CCOC(=O)c1[nH]c(C)c(CN(C[C@H]2CCCO2)C(=O)C2CCCCC2)c1C. The number of nitrogens with one attached hydrogen (secondary N) is 1. The lowest BCUT2D eigenvalue weighted by Gasteiger charge is -2.31. The highest BCUT2D eigenvalue weighted by Gasteiger charge is 2.30. The molecule has 156 valence electrons. The smallest absolute Gasteiger partial charge is 0.355 e. The van der Waals surface area contributed by atoms with Crippen molar-refractivity contribution in [2.24, 2.45) is 5.92 Å². The van der Waals surface area contributed by atoms with Crippen molar-refractivity contribution in [3.8, 4) is 0 Å². The van der Waals surface area contributed by atoms with Crippen LogP contribution < -0.4 is 0 Å². The molecule has 0 bridgehead atoms. The highest BCUT2D eigenvalue weighted by molar-refractivity contribution is 5.90.